The van der Waals surface area contributed by atoms with Crippen LogP contribution in [0.5, 0.6) is 0 Å². The van der Waals surface area contributed by atoms with Crippen molar-refractivity contribution in [3.05, 3.63) is 102 Å². The molecule has 0 saturated heterocycles. The van der Waals surface area contributed by atoms with E-state index in [0.29, 0.717) is 6.54 Å². The van der Waals surface area contributed by atoms with E-state index in [9.17, 15) is 0 Å². The average Bonchev–Trinajstić information content (AvgIpc) is 3.13. The number of benzene rings is 2. The second kappa shape index (κ2) is 7.23. The van der Waals surface area contributed by atoms with Crippen LogP contribution in [0, 0.1) is 0 Å². The van der Waals surface area contributed by atoms with E-state index in [0.717, 1.165) is 28.9 Å². The molecule has 2 aromatic heterocycles. The van der Waals surface area contributed by atoms with Gasteiger partial charge in [0.25, 0.3) is 0 Å². The highest BCUT2D eigenvalue weighted by molar-refractivity contribution is 5.74. The molecule has 2 N–H and O–H groups in total. The highest BCUT2D eigenvalue weighted by atomic mass is 15.3. The zero-order valence-electron chi connectivity index (χ0n) is 14.4. The maximum Gasteiger partial charge on any atom is 0.0944 e. The van der Waals surface area contributed by atoms with Gasteiger partial charge in [0.1, 0.15) is 0 Å². The smallest absolute Gasteiger partial charge is 0.0944 e. The summed E-state index contributed by atoms with van der Waals surface area (Å²) in [5, 5.41) is 4.69. The number of nitrogens with zero attached hydrogens (tertiary/aromatic N) is 3. The average molecular weight is 340 g/mol. The fourth-order valence-corrected chi connectivity index (χ4v) is 3.04. The van der Waals surface area contributed by atoms with E-state index < -0.39 is 0 Å². The van der Waals surface area contributed by atoms with Crippen LogP contribution in [0.15, 0.2) is 85.3 Å². The van der Waals surface area contributed by atoms with Gasteiger partial charge in [0, 0.05) is 29.8 Å². The van der Waals surface area contributed by atoms with E-state index in [2.05, 4.69) is 41.4 Å². The van der Waals surface area contributed by atoms with Crippen molar-refractivity contribution in [2.45, 2.75) is 13.0 Å². The number of nitrogen functional groups attached to an aromatic ring is 1. The van der Waals surface area contributed by atoms with Crippen LogP contribution in [-0.4, -0.2) is 14.8 Å². The summed E-state index contributed by atoms with van der Waals surface area (Å²) < 4.78 is 1.91. The Morgan fingerprint density at radius 1 is 0.846 bits per heavy atom. The number of anilines is 1. The van der Waals surface area contributed by atoms with Gasteiger partial charge < -0.3 is 5.73 Å². The lowest BCUT2D eigenvalue weighted by molar-refractivity contribution is 0.687. The number of pyridine rings is 1. The summed E-state index contributed by atoms with van der Waals surface area (Å²) in [6, 6.07) is 22.6. The quantitative estimate of drug-likeness (QED) is 0.555. The summed E-state index contributed by atoms with van der Waals surface area (Å²) in [5.41, 5.74) is 12.5. The SMILES string of the molecule is Nc1ccc(Cc2ccccc2)cc1-c1ccn(Cc2cccnc2)n1. The van der Waals surface area contributed by atoms with Crippen molar-refractivity contribution in [3.8, 4) is 11.3 Å². The molecule has 4 nitrogen and oxygen atoms in total. The molecular formula is C22H20N4. The van der Waals surface area contributed by atoms with Gasteiger partial charge in [0.05, 0.1) is 12.2 Å². The summed E-state index contributed by atoms with van der Waals surface area (Å²) in [5.74, 6) is 0. The number of rotatable bonds is 5. The molecule has 4 aromatic rings. The van der Waals surface area contributed by atoms with Gasteiger partial charge in [-0.1, -0.05) is 42.5 Å². The van der Waals surface area contributed by atoms with E-state index in [1.165, 1.54) is 11.1 Å². The Kier molecular flexibility index (Phi) is 4.48. The fourth-order valence-electron chi connectivity index (χ4n) is 3.04. The van der Waals surface area contributed by atoms with Crippen LogP contribution in [0.1, 0.15) is 16.7 Å². The van der Waals surface area contributed by atoms with Crippen molar-refractivity contribution < 1.29 is 0 Å². The van der Waals surface area contributed by atoms with Crippen molar-refractivity contribution in [2.75, 3.05) is 5.73 Å². The third-order valence-corrected chi connectivity index (χ3v) is 4.35. The van der Waals surface area contributed by atoms with Gasteiger partial charge in [-0.3, -0.25) is 9.67 Å². The van der Waals surface area contributed by atoms with Crippen LogP contribution in [0.2, 0.25) is 0 Å². The molecule has 0 aliphatic carbocycles. The lowest BCUT2D eigenvalue weighted by atomic mass is 10.0. The first kappa shape index (κ1) is 16.1. The van der Waals surface area contributed by atoms with Crippen molar-refractivity contribution in [2.24, 2.45) is 0 Å². The monoisotopic (exact) mass is 340 g/mol. The minimum atomic E-state index is 0.692. The van der Waals surface area contributed by atoms with Crippen LogP contribution in [0.3, 0.4) is 0 Å². The Labute approximate surface area is 152 Å². The van der Waals surface area contributed by atoms with Crippen LogP contribution >= 0.6 is 0 Å². The van der Waals surface area contributed by atoms with E-state index in [1.54, 1.807) is 6.20 Å². The Morgan fingerprint density at radius 2 is 1.69 bits per heavy atom. The third kappa shape index (κ3) is 3.64. The molecule has 0 fully saturated rings. The summed E-state index contributed by atoms with van der Waals surface area (Å²) in [4.78, 5) is 4.15. The topological polar surface area (TPSA) is 56.7 Å². The maximum absolute atomic E-state index is 6.22. The first-order valence-electron chi connectivity index (χ1n) is 8.63. The van der Waals surface area contributed by atoms with Crippen molar-refractivity contribution in [1.29, 1.82) is 0 Å². The van der Waals surface area contributed by atoms with Gasteiger partial charge in [-0.25, -0.2) is 0 Å². The molecule has 0 amide bonds. The molecule has 0 spiro atoms. The van der Waals surface area contributed by atoms with Gasteiger partial charge in [0.2, 0.25) is 0 Å². The van der Waals surface area contributed by atoms with E-state index in [1.807, 2.05) is 47.4 Å². The maximum atomic E-state index is 6.22. The van der Waals surface area contributed by atoms with Gasteiger partial charge in [-0.2, -0.15) is 5.10 Å². The van der Waals surface area contributed by atoms with E-state index in [4.69, 9.17) is 10.8 Å². The lowest BCUT2D eigenvalue weighted by Gasteiger charge is -2.08. The Bertz CT molecular complexity index is 991. The first-order chi connectivity index (χ1) is 12.8. The molecule has 2 aromatic carbocycles. The predicted octanol–water partition coefficient (Wildman–Crippen LogP) is 4.17. The van der Waals surface area contributed by atoms with Crippen molar-refractivity contribution in [3.63, 3.8) is 0 Å². The number of nitrogens with two attached hydrogens (primary N) is 1. The summed E-state index contributed by atoms with van der Waals surface area (Å²) in [6.07, 6.45) is 6.49. The Morgan fingerprint density at radius 3 is 2.50 bits per heavy atom. The van der Waals surface area contributed by atoms with E-state index in [-0.39, 0.29) is 0 Å². The molecule has 0 saturated carbocycles. The zero-order chi connectivity index (χ0) is 17.8. The molecule has 2 heterocycles. The molecule has 0 unspecified atom stereocenters. The largest absolute Gasteiger partial charge is 0.398 e. The molecule has 26 heavy (non-hydrogen) atoms. The molecule has 0 bridgehead atoms. The molecule has 0 aliphatic heterocycles. The predicted molar refractivity (Wildman–Crippen MR) is 105 cm³/mol. The molecule has 4 heteroatoms. The summed E-state index contributed by atoms with van der Waals surface area (Å²) >= 11 is 0. The number of hydrogen-bond donors (Lipinski definition) is 1. The molecule has 128 valence electrons. The summed E-state index contributed by atoms with van der Waals surface area (Å²) in [6.45, 7) is 0.692. The van der Waals surface area contributed by atoms with Gasteiger partial charge >= 0.3 is 0 Å². The molecule has 0 radical (unpaired) electrons. The van der Waals surface area contributed by atoms with Crippen molar-refractivity contribution in [1.82, 2.24) is 14.8 Å². The number of hydrogen-bond acceptors (Lipinski definition) is 3. The molecule has 0 atom stereocenters. The molecule has 4 rings (SSSR count). The Hall–Kier alpha value is -3.40. The minimum absolute atomic E-state index is 0.692. The minimum Gasteiger partial charge on any atom is -0.398 e. The van der Waals surface area contributed by atoms with Crippen LogP contribution in [0.25, 0.3) is 11.3 Å². The van der Waals surface area contributed by atoms with Crippen LogP contribution in [0.4, 0.5) is 5.69 Å². The second-order valence-electron chi connectivity index (χ2n) is 6.34. The van der Waals surface area contributed by atoms with Gasteiger partial charge in [-0.15, -0.1) is 0 Å². The molecule has 0 aliphatic rings. The fraction of sp³-hybridized carbons (Fsp3) is 0.0909. The lowest BCUT2D eigenvalue weighted by Crippen LogP contribution is -2.01. The third-order valence-electron chi connectivity index (χ3n) is 4.35. The van der Waals surface area contributed by atoms with Crippen molar-refractivity contribution >= 4 is 5.69 Å². The molecular weight excluding hydrogens is 320 g/mol. The highest BCUT2D eigenvalue weighted by Crippen LogP contribution is 2.26. The first-order valence-corrected chi connectivity index (χ1v) is 8.63. The zero-order valence-corrected chi connectivity index (χ0v) is 14.4. The van der Waals surface area contributed by atoms with Gasteiger partial charge in [0.15, 0.2) is 0 Å². The second-order valence-corrected chi connectivity index (χ2v) is 6.34. The summed E-state index contributed by atoms with van der Waals surface area (Å²) in [7, 11) is 0. The standard InChI is InChI=1S/C22H20N4/c23-21-9-8-18(13-17-5-2-1-3-6-17)14-20(21)22-10-12-26(25-22)16-19-7-4-11-24-15-19/h1-12,14-15H,13,16,23H2. The number of aromatic nitrogens is 3. The van der Waals surface area contributed by atoms with E-state index >= 15 is 0 Å². The van der Waals surface area contributed by atoms with Crippen LogP contribution < -0.4 is 5.73 Å². The Balaban J connectivity index is 1.58. The van der Waals surface area contributed by atoms with Gasteiger partial charge in [-0.05, 0) is 47.4 Å². The normalized spacial score (nSPS) is 10.8. The highest BCUT2D eigenvalue weighted by Gasteiger charge is 2.09. The van der Waals surface area contributed by atoms with Crippen LogP contribution in [-0.2, 0) is 13.0 Å².